The number of hydrogen-bond donors (Lipinski definition) is 3. The molecule has 0 spiro atoms. The molecule has 1 amide bonds. The number of benzene rings is 2. The number of rotatable bonds is 12. The lowest BCUT2D eigenvalue weighted by atomic mass is 9.79. The van der Waals surface area contributed by atoms with Crippen molar-refractivity contribution < 1.29 is 18.5 Å². The number of likely N-dealkylation sites (tertiary alicyclic amines) is 1. The molecule has 6 rings (SSSR count). The highest BCUT2D eigenvalue weighted by Gasteiger charge is 2.30. The van der Waals surface area contributed by atoms with Gasteiger partial charge in [-0.25, -0.2) is 4.68 Å². The third-order valence-corrected chi connectivity index (χ3v) is 11.0. The van der Waals surface area contributed by atoms with Gasteiger partial charge in [-0.3, -0.25) is 20.2 Å². The average Bonchev–Trinajstić information content (AvgIpc) is 3.62. The van der Waals surface area contributed by atoms with E-state index in [1.165, 1.54) is 49.4 Å². The predicted octanol–water partition coefficient (Wildman–Crippen LogP) is 9.12. The normalized spacial score (nSPS) is 19.0. The van der Waals surface area contributed by atoms with Gasteiger partial charge in [0.2, 0.25) is 11.9 Å². The van der Waals surface area contributed by atoms with Gasteiger partial charge in [-0.1, -0.05) is 43.7 Å². The number of fused-ring (bicyclic) bond motifs is 1. The fraction of sp³-hybridized carbons (Fsp3) is 0.477. The number of nitriles is 1. The molecule has 3 heterocycles. The van der Waals surface area contributed by atoms with E-state index >= 15 is 0 Å². The molecule has 57 heavy (non-hydrogen) atoms. The van der Waals surface area contributed by atoms with Crippen molar-refractivity contribution in [2.24, 2.45) is 0 Å². The van der Waals surface area contributed by atoms with Gasteiger partial charge < -0.3 is 23.9 Å². The van der Waals surface area contributed by atoms with Gasteiger partial charge in [-0.2, -0.15) is 10.4 Å². The van der Waals surface area contributed by atoms with Gasteiger partial charge in [-0.05, 0) is 120 Å². The first-order valence-corrected chi connectivity index (χ1v) is 21.1. The molecule has 2 aromatic heterocycles. The fourth-order valence-electron chi connectivity index (χ4n) is 7.66. The molecule has 0 saturated carbocycles. The molecule has 4 atom stereocenters. The number of nitrogens with zero attached hydrogens (tertiary/aromatic N) is 5. The minimum absolute atomic E-state index is 0.0244. The average molecular weight is 795 g/mol. The Morgan fingerprint density at radius 3 is 2.42 bits per heavy atom. The maximum Gasteiger partial charge on any atom is 0.222 e. The van der Waals surface area contributed by atoms with Crippen LogP contribution in [0.1, 0.15) is 115 Å². The number of piperidine rings is 1. The summed E-state index contributed by atoms with van der Waals surface area (Å²) in [4.78, 5) is 13.7. The van der Waals surface area contributed by atoms with Crippen molar-refractivity contribution in [1.29, 1.82) is 16.1 Å². The Labute approximate surface area is 341 Å². The molecule has 1 aliphatic carbocycles. The van der Waals surface area contributed by atoms with Crippen LogP contribution >= 0.6 is 12.0 Å². The molecule has 304 valence electrons. The molecular weight excluding hydrogens is 737 g/mol. The van der Waals surface area contributed by atoms with Crippen LogP contribution in [0.25, 0.3) is 5.69 Å². The van der Waals surface area contributed by atoms with Crippen LogP contribution in [0.15, 0.2) is 72.9 Å². The molecule has 4 aromatic rings. The zero-order valence-electron chi connectivity index (χ0n) is 34.4. The number of hydrogen-bond acceptors (Lipinski definition) is 9. The number of amides is 1. The summed E-state index contributed by atoms with van der Waals surface area (Å²) in [5, 5.41) is 33.9. The van der Waals surface area contributed by atoms with Crippen LogP contribution in [-0.2, 0) is 14.4 Å². The summed E-state index contributed by atoms with van der Waals surface area (Å²) in [5.41, 5.74) is 3.55. The van der Waals surface area contributed by atoms with E-state index in [0.29, 0.717) is 59.9 Å². The van der Waals surface area contributed by atoms with Gasteiger partial charge in [0.1, 0.15) is 35.5 Å². The van der Waals surface area contributed by atoms with E-state index in [2.05, 4.69) is 66.4 Å². The minimum Gasteiger partial charge on any atom is -0.491 e. The second kappa shape index (κ2) is 19.9. The largest absolute Gasteiger partial charge is 0.491 e. The highest BCUT2D eigenvalue weighted by atomic mass is 32.2. The number of anilines is 1. The zero-order chi connectivity index (χ0) is 41.1. The van der Waals surface area contributed by atoms with Gasteiger partial charge in [-0.15, -0.1) is 0 Å². The van der Waals surface area contributed by atoms with Crippen molar-refractivity contribution in [1.82, 2.24) is 19.2 Å². The molecule has 0 radical (unpaired) electrons. The maximum atomic E-state index is 11.5. The molecule has 1 aliphatic heterocycles. The topological polar surface area (TPSA) is 154 Å². The molecular formula is C44H58N8O4S. The van der Waals surface area contributed by atoms with Gasteiger partial charge in [0.15, 0.2) is 0 Å². The summed E-state index contributed by atoms with van der Waals surface area (Å²) >= 11 is 1.29. The van der Waals surface area contributed by atoms with Gasteiger partial charge in [0, 0.05) is 37.4 Å². The summed E-state index contributed by atoms with van der Waals surface area (Å²) in [6.07, 6.45) is 11.7. The van der Waals surface area contributed by atoms with Crippen molar-refractivity contribution in [2.75, 3.05) is 24.8 Å². The van der Waals surface area contributed by atoms with E-state index in [1.807, 2.05) is 42.8 Å². The molecule has 12 nitrogen and oxygen atoms in total. The lowest BCUT2D eigenvalue weighted by Gasteiger charge is -2.41. The third-order valence-electron chi connectivity index (χ3n) is 10.6. The van der Waals surface area contributed by atoms with Gasteiger partial charge in [0.25, 0.3) is 0 Å². The van der Waals surface area contributed by atoms with Crippen molar-refractivity contribution >= 4 is 29.7 Å². The second-order valence-corrected chi connectivity index (χ2v) is 15.9. The summed E-state index contributed by atoms with van der Waals surface area (Å²) < 4.78 is 20.6. The van der Waals surface area contributed by atoms with Crippen molar-refractivity contribution in [3.8, 4) is 23.3 Å². The molecule has 1 saturated heterocycles. The highest BCUT2D eigenvalue weighted by Crippen LogP contribution is 2.41. The van der Waals surface area contributed by atoms with E-state index in [0.717, 1.165) is 37.1 Å². The molecule has 2 unspecified atom stereocenters. The van der Waals surface area contributed by atoms with Crippen LogP contribution in [0.3, 0.4) is 0 Å². The third kappa shape index (κ3) is 10.9. The SMILES string of the molecule is CCC[C@H]1CC[C@@H](Oc2ccc(=N)n(C(=N)N3C(C)CCCC3C)c2)c2ccccc21.CSOCCOc1cccc(-n2nc(C(C)(C)C#N)cc2NC(C)=O)c1. The van der Waals surface area contributed by atoms with Crippen LogP contribution < -0.4 is 20.3 Å². The Morgan fingerprint density at radius 1 is 1.00 bits per heavy atom. The lowest BCUT2D eigenvalue weighted by Crippen LogP contribution is -2.51. The summed E-state index contributed by atoms with van der Waals surface area (Å²) in [6, 6.07) is 24.2. The summed E-state index contributed by atoms with van der Waals surface area (Å²) in [7, 11) is 0. The van der Waals surface area contributed by atoms with Crippen LogP contribution in [0.2, 0.25) is 0 Å². The predicted molar refractivity (Wildman–Crippen MR) is 226 cm³/mol. The van der Waals surface area contributed by atoms with E-state index in [1.54, 1.807) is 35.2 Å². The molecule has 3 N–H and O–H groups in total. The van der Waals surface area contributed by atoms with Crippen LogP contribution in [0, 0.1) is 22.1 Å². The van der Waals surface area contributed by atoms with Crippen LogP contribution in [-0.4, -0.2) is 62.7 Å². The Kier molecular flexibility index (Phi) is 15.0. The van der Waals surface area contributed by atoms with E-state index in [4.69, 9.17) is 24.5 Å². The Bertz CT molecular complexity index is 2080. The monoisotopic (exact) mass is 794 g/mol. The fourth-order valence-corrected chi connectivity index (χ4v) is 7.89. The zero-order valence-corrected chi connectivity index (χ0v) is 35.2. The molecule has 2 aromatic carbocycles. The maximum absolute atomic E-state index is 11.5. The quantitative estimate of drug-likeness (QED) is 0.0556. The molecule has 0 bridgehead atoms. The first-order valence-electron chi connectivity index (χ1n) is 19.9. The Balaban J connectivity index is 0.000000221. The number of carbonyl (C=O) groups excluding carboxylic acids is 1. The van der Waals surface area contributed by atoms with Gasteiger partial charge >= 0.3 is 0 Å². The van der Waals surface area contributed by atoms with Crippen molar-refractivity contribution in [3.63, 3.8) is 0 Å². The van der Waals surface area contributed by atoms with Crippen LogP contribution in [0.5, 0.6) is 11.5 Å². The lowest BCUT2D eigenvalue weighted by molar-refractivity contribution is -0.114. The minimum atomic E-state index is -0.776. The van der Waals surface area contributed by atoms with Crippen LogP contribution in [0.4, 0.5) is 5.82 Å². The molecule has 13 heteroatoms. The standard InChI is InChI=1S/C26H36N4O.C18H22N4O3S/c1-4-8-20-13-15-24(23-12-6-5-11-22(20)23)31-21-14-16-25(27)29(17-21)26(28)30-18(2)9-7-10-19(30)3;1-13(23)20-17-11-16(18(2,3)12-19)21-22(17)14-6-5-7-15(10-14)24-8-9-25-26-4/h5-6,11-12,14,16-20,24,27-28H,4,7-10,13,15H2,1-3H3;5-7,10-11H,8-9H2,1-4H3,(H,20,23)/t18?,19?,20-,24+;/m0./s1. The van der Waals surface area contributed by atoms with E-state index in [-0.39, 0.29) is 12.0 Å². The Hall–Kier alpha value is -5.06. The van der Waals surface area contributed by atoms with Gasteiger partial charge in [0.05, 0.1) is 35.7 Å². The number of ether oxygens (including phenoxy) is 2. The van der Waals surface area contributed by atoms with Crippen molar-refractivity contribution in [3.05, 3.63) is 95.2 Å². The Morgan fingerprint density at radius 2 is 1.74 bits per heavy atom. The number of pyridine rings is 1. The number of carbonyl (C=O) groups is 1. The first kappa shape index (κ1) is 43.1. The first-order chi connectivity index (χ1) is 27.4. The summed E-state index contributed by atoms with van der Waals surface area (Å²) in [5.74, 6) is 2.68. The smallest absolute Gasteiger partial charge is 0.222 e. The highest BCUT2D eigenvalue weighted by molar-refractivity contribution is 7.93. The molecule has 2 aliphatic rings. The molecule has 1 fully saturated rings. The van der Waals surface area contributed by atoms with E-state index in [9.17, 15) is 10.1 Å². The van der Waals surface area contributed by atoms with E-state index < -0.39 is 5.41 Å². The number of nitrogens with one attached hydrogen (secondary N) is 3. The second-order valence-electron chi connectivity index (χ2n) is 15.4. The number of aromatic nitrogens is 3. The summed E-state index contributed by atoms with van der Waals surface area (Å²) in [6.45, 7) is 12.5. The van der Waals surface area contributed by atoms with Crippen molar-refractivity contribution in [2.45, 2.75) is 116 Å².